The summed E-state index contributed by atoms with van der Waals surface area (Å²) >= 11 is 0. The molecule has 2 aliphatic rings. The minimum Gasteiger partial charge on any atom is -0.377 e. The van der Waals surface area contributed by atoms with E-state index in [1.165, 1.54) is 6.07 Å². The number of fused-ring (bicyclic) bond motifs is 2. The van der Waals surface area contributed by atoms with E-state index in [0.29, 0.717) is 30.1 Å². The molecule has 1 aromatic carbocycles. The molecule has 0 spiro atoms. The van der Waals surface area contributed by atoms with Crippen molar-refractivity contribution in [2.75, 3.05) is 13.7 Å². The van der Waals surface area contributed by atoms with Gasteiger partial charge in [-0.25, -0.2) is 4.98 Å². The van der Waals surface area contributed by atoms with E-state index in [1.807, 2.05) is 11.6 Å². The fraction of sp³-hybridized carbons (Fsp3) is 0.632. The number of aryl methyl sites for hydroxylation is 1. The molecular weight excluding hydrogens is 343 g/mol. The van der Waals surface area contributed by atoms with Crippen LogP contribution in [0.2, 0.25) is 0 Å². The smallest absolute Gasteiger partial charge is 0.377 e. The summed E-state index contributed by atoms with van der Waals surface area (Å²) in [5.41, 5.74) is 0.523. The third-order valence-corrected chi connectivity index (χ3v) is 6.21. The van der Waals surface area contributed by atoms with Crippen LogP contribution in [-0.2, 0) is 24.5 Å². The van der Waals surface area contributed by atoms with Gasteiger partial charge in [0.25, 0.3) is 0 Å². The van der Waals surface area contributed by atoms with Crippen molar-refractivity contribution in [2.24, 2.45) is 18.4 Å². The van der Waals surface area contributed by atoms with Crippen LogP contribution in [0.4, 0.5) is 13.2 Å². The van der Waals surface area contributed by atoms with Crippen LogP contribution in [0.15, 0.2) is 18.2 Å². The molecule has 1 saturated carbocycles. The van der Waals surface area contributed by atoms with Crippen LogP contribution in [0, 0.1) is 11.3 Å². The SMILES string of the molecule is CN(Cc1nc2cc(C(F)(F)F)ccc2n1C)[C@@H]1[C@@H]2CCO[C@@H]2C1(C)C. The molecule has 1 aliphatic carbocycles. The van der Waals surface area contributed by atoms with Gasteiger partial charge in [-0.1, -0.05) is 13.8 Å². The summed E-state index contributed by atoms with van der Waals surface area (Å²) in [7, 11) is 3.93. The molecule has 0 amide bonds. The van der Waals surface area contributed by atoms with E-state index < -0.39 is 11.7 Å². The number of benzene rings is 1. The van der Waals surface area contributed by atoms with Gasteiger partial charge in [0.05, 0.1) is 29.2 Å². The van der Waals surface area contributed by atoms with Gasteiger partial charge in [-0.2, -0.15) is 13.2 Å². The Labute approximate surface area is 150 Å². The average molecular weight is 367 g/mol. The lowest BCUT2D eigenvalue weighted by Crippen LogP contribution is -2.65. The van der Waals surface area contributed by atoms with Gasteiger partial charge in [0, 0.05) is 31.0 Å². The monoisotopic (exact) mass is 367 g/mol. The Morgan fingerprint density at radius 3 is 2.77 bits per heavy atom. The first kappa shape index (κ1) is 17.8. The minimum absolute atomic E-state index is 0.0734. The Morgan fingerprint density at radius 1 is 1.35 bits per heavy atom. The zero-order valence-corrected chi connectivity index (χ0v) is 15.5. The lowest BCUT2D eigenvalue weighted by molar-refractivity contribution is -0.152. The summed E-state index contributed by atoms with van der Waals surface area (Å²) in [4.78, 5) is 6.77. The second kappa shape index (κ2) is 5.70. The summed E-state index contributed by atoms with van der Waals surface area (Å²) in [6.45, 7) is 5.87. The van der Waals surface area contributed by atoms with Crippen LogP contribution in [-0.4, -0.2) is 40.3 Å². The molecule has 1 aromatic heterocycles. The summed E-state index contributed by atoms with van der Waals surface area (Å²) in [6.07, 6.45) is -2.97. The predicted octanol–water partition coefficient (Wildman–Crippen LogP) is 3.84. The van der Waals surface area contributed by atoms with Crippen molar-refractivity contribution in [3.05, 3.63) is 29.6 Å². The van der Waals surface area contributed by atoms with Crippen molar-refractivity contribution in [3.8, 4) is 0 Å². The zero-order chi connectivity index (χ0) is 18.9. The van der Waals surface area contributed by atoms with Gasteiger partial charge in [-0.05, 0) is 31.7 Å². The van der Waals surface area contributed by atoms with E-state index in [9.17, 15) is 13.2 Å². The first-order valence-corrected chi connectivity index (χ1v) is 8.95. The largest absolute Gasteiger partial charge is 0.416 e. The fourth-order valence-electron chi connectivity index (χ4n) is 5.08. The van der Waals surface area contributed by atoms with E-state index >= 15 is 0 Å². The Bertz CT molecular complexity index is 842. The molecule has 2 heterocycles. The molecule has 0 bridgehead atoms. The molecule has 0 N–H and O–H groups in total. The maximum Gasteiger partial charge on any atom is 0.416 e. The third-order valence-electron chi connectivity index (χ3n) is 6.21. The number of hydrogen-bond acceptors (Lipinski definition) is 3. The number of alkyl halides is 3. The standard InChI is InChI=1S/C19H24F3N3O/c1-18(2)16(12-7-8-26-17(12)18)24(3)10-15-23-13-9-11(19(20,21)22)5-6-14(13)25(15)4/h5-6,9,12,16-17H,7-8,10H2,1-4H3/t12-,16+,17-/m0/s1. The van der Waals surface area contributed by atoms with Crippen LogP contribution >= 0.6 is 0 Å². The van der Waals surface area contributed by atoms with E-state index in [-0.39, 0.29) is 5.41 Å². The highest BCUT2D eigenvalue weighted by Crippen LogP contribution is 2.54. The average Bonchev–Trinajstić information content (AvgIpc) is 3.10. The number of rotatable bonds is 3. The van der Waals surface area contributed by atoms with Gasteiger partial charge in [-0.15, -0.1) is 0 Å². The quantitative estimate of drug-likeness (QED) is 0.826. The highest BCUT2D eigenvalue weighted by molar-refractivity contribution is 5.77. The molecule has 142 valence electrons. The van der Waals surface area contributed by atoms with Gasteiger partial charge in [0.2, 0.25) is 0 Å². The summed E-state index contributed by atoms with van der Waals surface area (Å²) in [6, 6.07) is 4.14. The summed E-state index contributed by atoms with van der Waals surface area (Å²) < 4.78 is 46.6. The maximum absolute atomic E-state index is 12.9. The molecule has 4 rings (SSSR count). The fourth-order valence-corrected chi connectivity index (χ4v) is 5.08. The summed E-state index contributed by atoms with van der Waals surface area (Å²) in [5.74, 6) is 1.31. The molecule has 26 heavy (non-hydrogen) atoms. The molecular formula is C19H24F3N3O. The Kier molecular flexibility index (Phi) is 3.90. The van der Waals surface area contributed by atoms with Crippen LogP contribution in [0.5, 0.6) is 0 Å². The van der Waals surface area contributed by atoms with Gasteiger partial charge in [0.1, 0.15) is 5.82 Å². The molecule has 0 unspecified atom stereocenters. The number of halogens is 3. The highest BCUT2D eigenvalue weighted by Gasteiger charge is 2.60. The Morgan fingerprint density at radius 2 is 2.08 bits per heavy atom. The summed E-state index contributed by atoms with van der Waals surface area (Å²) in [5, 5.41) is 0. The van der Waals surface area contributed by atoms with Crippen molar-refractivity contribution < 1.29 is 17.9 Å². The minimum atomic E-state index is -4.35. The third kappa shape index (κ3) is 2.55. The van der Waals surface area contributed by atoms with Crippen molar-refractivity contribution in [3.63, 3.8) is 0 Å². The van der Waals surface area contributed by atoms with Crippen molar-refractivity contribution in [2.45, 2.75) is 45.1 Å². The first-order chi connectivity index (χ1) is 12.1. The first-order valence-electron chi connectivity index (χ1n) is 8.95. The van der Waals surface area contributed by atoms with E-state index in [1.54, 1.807) is 0 Å². The lowest BCUT2D eigenvalue weighted by atomic mass is 9.57. The predicted molar refractivity (Wildman–Crippen MR) is 92.6 cm³/mol. The number of aromatic nitrogens is 2. The normalized spacial score (nSPS) is 27.8. The van der Waals surface area contributed by atoms with E-state index in [4.69, 9.17) is 4.74 Å². The molecule has 2 aromatic rings. The van der Waals surface area contributed by atoms with Gasteiger partial charge < -0.3 is 9.30 Å². The number of hydrogen-bond donors (Lipinski definition) is 0. The van der Waals surface area contributed by atoms with Gasteiger partial charge in [0.15, 0.2) is 0 Å². The Hall–Kier alpha value is -1.60. The van der Waals surface area contributed by atoms with Crippen LogP contribution in [0.3, 0.4) is 0 Å². The van der Waals surface area contributed by atoms with Crippen molar-refractivity contribution in [1.29, 1.82) is 0 Å². The van der Waals surface area contributed by atoms with Crippen LogP contribution < -0.4 is 0 Å². The Balaban J connectivity index is 1.60. The number of imidazole rings is 1. The number of ether oxygens (including phenoxy) is 1. The maximum atomic E-state index is 12.9. The molecule has 4 nitrogen and oxygen atoms in total. The zero-order valence-electron chi connectivity index (χ0n) is 15.5. The van der Waals surface area contributed by atoms with Crippen molar-refractivity contribution in [1.82, 2.24) is 14.5 Å². The molecule has 3 atom stereocenters. The second-order valence-electron chi connectivity index (χ2n) is 8.21. The van der Waals surface area contributed by atoms with Crippen LogP contribution in [0.25, 0.3) is 11.0 Å². The van der Waals surface area contributed by atoms with Crippen LogP contribution in [0.1, 0.15) is 31.7 Å². The molecule has 2 fully saturated rings. The molecule has 7 heteroatoms. The lowest BCUT2D eigenvalue weighted by Gasteiger charge is -2.57. The molecule has 1 aliphatic heterocycles. The molecule has 0 radical (unpaired) electrons. The van der Waals surface area contributed by atoms with E-state index in [2.05, 4.69) is 30.8 Å². The highest BCUT2D eigenvalue weighted by atomic mass is 19.4. The second-order valence-corrected chi connectivity index (χ2v) is 8.21. The topological polar surface area (TPSA) is 30.3 Å². The van der Waals surface area contributed by atoms with Crippen molar-refractivity contribution >= 4 is 11.0 Å². The molecule has 1 saturated heterocycles. The number of nitrogens with zero attached hydrogens (tertiary/aromatic N) is 3. The van der Waals surface area contributed by atoms with Gasteiger partial charge in [-0.3, -0.25) is 4.90 Å². The van der Waals surface area contributed by atoms with Gasteiger partial charge >= 0.3 is 6.18 Å². The van der Waals surface area contributed by atoms with E-state index in [0.717, 1.165) is 36.5 Å².